The highest BCUT2D eigenvalue weighted by Crippen LogP contribution is 2.44. The second kappa shape index (κ2) is 7.97. The Morgan fingerprint density at radius 3 is 2.42 bits per heavy atom. The first kappa shape index (κ1) is 19.2. The fourth-order valence-corrected chi connectivity index (χ4v) is 4.35. The molecule has 0 radical (unpaired) electrons. The summed E-state index contributed by atoms with van der Waals surface area (Å²) < 4.78 is 0. The van der Waals surface area contributed by atoms with Gasteiger partial charge in [0.25, 0.3) is 0 Å². The maximum absolute atomic E-state index is 13.0. The molecular weight excluding hydrogens is 350 g/mol. The number of nitrogens with zero attached hydrogens (tertiary/aromatic N) is 1. The predicted molar refractivity (Wildman–Crippen MR) is 103 cm³/mol. The van der Waals surface area contributed by atoms with Gasteiger partial charge in [-0.1, -0.05) is 30.2 Å². The first-order valence-electron chi connectivity index (χ1n) is 9.43. The number of amides is 2. The number of nitrogens with one attached hydrogen (secondary N) is 2. The maximum Gasteiger partial charge on any atom is 0.230 e. The number of carbonyl (C=O) groups excluding carboxylic acids is 2. The number of carbonyl (C=O) groups is 2. The first-order valence-corrected chi connectivity index (χ1v) is 9.81. The van der Waals surface area contributed by atoms with Crippen LogP contribution in [-0.2, 0) is 15.0 Å². The standard InChI is InChI=1S/C20H28ClN3O2/c1-22-18(25)12-16-8-9-17(24(16)2)13-23-19(26)20(10-3-11-20)14-4-6-15(21)7-5-14/h4-7,16-17H,3,8-13H2,1-2H3,(H,22,25)(H,23,26)/t16-,17+/m1/s1. The molecule has 26 heavy (non-hydrogen) atoms. The third-order valence-electron chi connectivity index (χ3n) is 6.22. The minimum Gasteiger partial charge on any atom is -0.359 e. The molecule has 2 amide bonds. The summed E-state index contributed by atoms with van der Waals surface area (Å²) in [6, 6.07) is 8.21. The zero-order valence-corrected chi connectivity index (χ0v) is 16.3. The number of likely N-dealkylation sites (N-methyl/N-ethyl adjacent to an activating group) is 1. The van der Waals surface area contributed by atoms with Crippen LogP contribution in [0.2, 0.25) is 5.02 Å². The Bertz CT molecular complexity index is 658. The number of benzene rings is 1. The largest absolute Gasteiger partial charge is 0.359 e. The zero-order valence-electron chi connectivity index (χ0n) is 15.6. The molecule has 1 saturated heterocycles. The second-order valence-electron chi connectivity index (χ2n) is 7.58. The van der Waals surface area contributed by atoms with Crippen molar-refractivity contribution in [3.05, 3.63) is 34.9 Å². The molecule has 6 heteroatoms. The highest BCUT2D eigenvalue weighted by molar-refractivity contribution is 6.30. The number of likely N-dealkylation sites (tertiary alicyclic amines) is 1. The van der Waals surface area contributed by atoms with Crippen LogP contribution in [0.3, 0.4) is 0 Å². The van der Waals surface area contributed by atoms with Crippen LogP contribution in [0.15, 0.2) is 24.3 Å². The molecule has 2 fully saturated rings. The van der Waals surface area contributed by atoms with Gasteiger partial charge in [0.2, 0.25) is 11.8 Å². The van der Waals surface area contributed by atoms with Gasteiger partial charge in [0.15, 0.2) is 0 Å². The summed E-state index contributed by atoms with van der Waals surface area (Å²) in [6.07, 6.45) is 5.37. The van der Waals surface area contributed by atoms with E-state index in [-0.39, 0.29) is 23.9 Å². The first-order chi connectivity index (χ1) is 12.5. The molecule has 1 saturated carbocycles. The van der Waals surface area contributed by atoms with Crippen LogP contribution in [0.5, 0.6) is 0 Å². The minimum absolute atomic E-state index is 0.0719. The van der Waals surface area contributed by atoms with Crippen LogP contribution in [0.1, 0.15) is 44.1 Å². The number of hydrogen-bond donors (Lipinski definition) is 2. The summed E-state index contributed by atoms with van der Waals surface area (Å²) >= 11 is 5.99. The van der Waals surface area contributed by atoms with Crippen molar-refractivity contribution >= 4 is 23.4 Å². The molecule has 0 bridgehead atoms. The Kier molecular flexibility index (Phi) is 5.88. The summed E-state index contributed by atoms with van der Waals surface area (Å²) in [5, 5.41) is 6.57. The molecule has 5 nitrogen and oxygen atoms in total. The van der Waals surface area contributed by atoms with Crippen molar-refractivity contribution in [2.75, 3.05) is 20.6 Å². The van der Waals surface area contributed by atoms with Crippen LogP contribution >= 0.6 is 11.6 Å². The predicted octanol–water partition coefficient (Wildman–Crippen LogP) is 2.48. The van der Waals surface area contributed by atoms with Crippen LogP contribution in [0.25, 0.3) is 0 Å². The van der Waals surface area contributed by atoms with Crippen molar-refractivity contribution in [3.8, 4) is 0 Å². The average Bonchev–Trinajstić information content (AvgIpc) is 2.93. The van der Waals surface area contributed by atoms with E-state index in [0.717, 1.165) is 37.7 Å². The third kappa shape index (κ3) is 3.74. The van der Waals surface area contributed by atoms with E-state index >= 15 is 0 Å². The van der Waals surface area contributed by atoms with E-state index in [4.69, 9.17) is 11.6 Å². The summed E-state index contributed by atoms with van der Waals surface area (Å²) in [6.45, 7) is 0.634. The van der Waals surface area contributed by atoms with Gasteiger partial charge in [-0.2, -0.15) is 0 Å². The van der Waals surface area contributed by atoms with Gasteiger partial charge in [0.1, 0.15) is 0 Å². The Balaban J connectivity index is 1.58. The molecule has 1 aliphatic heterocycles. The van der Waals surface area contributed by atoms with Gasteiger partial charge in [-0.15, -0.1) is 0 Å². The van der Waals surface area contributed by atoms with Crippen molar-refractivity contribution in [1.29, 1.82) is 0 Å². The molecule has 3 rings (SSSR count). The van der Waals surface area contributed by atoms with Gasteiger partial charge >= 0.3 is 0 Å². The Hall–Kier alpha value is -1.59. The molecular formula is C20H28ClN3O2. The van der Waals surface area contributed by atoms with Crippen LogP contribution in [-0.4, -0.2) is 49.4 Å². The summed E-state index contributed by atoms with van der Waals surface area (Å²) in [5.41, 5.74) is 0.659. The van der Waals surface area contributed by atoms with Gasteiger partial charge in [-0.05, 0) is 50.4 Å². The fraction of sp³-hybridized carbons (Fsp3) is 0.600. The lowest BCUT2D eigenvalue weighted by molar-refractivity contribution is -0.130. The van der Waals surface area contributed by atoms with E-state index in [1.54, 1.807) is 7.05 Å². The SMILES string of the molecule is CNC(=O)C[C@H]1CC[C@@H](CNC(=O)C2(c3ccc(Cl)cc3)CCC2)N1C. The van der Waals surface area contributed by atoms with Gasteiger partial charge in [-0.25, -0.2) is 0 Å². The molecule has 1 aliphatic carbocycles. The number of rotatable bonds is 6. The van der Waals surface area contributed by atoms with E-state index in [1.807, 2.05) is 24.3 Å². The normalized spacial score (nSPS) is 24.7. The summed E-state index contributed by atoms with van der Waals surface area (Å²) in [4.78, 5) is 26.8. The number of hydrogen-bond acceptors (Lipinski definition) is 3. The van der Waals surface area contributed by atoms with Gasteiger partial charge in [-0.3, -0.25) is 14.5 Å². The monoisotopic (exact) mass is 377 g/mol. The lowest BCUT2D eigenvalue weighted by atomic mass is 9.64. The lowest BCUT2D eigenvalue weighted by Gasteiger charge is -2.41. The average molecular weight is 378 g/mol. The summed E-state index contributed by atoms with van der Waals surface area (Å²) in [7, 11) is 3.72. The molecule has 1 aromatic rings. The molecule has 0 unspecified atom stereocenters. The highest BCUT2D eigenvalue weighted by atomic mass is 35.5. The molecule has 1 aromatic carbocycles. The third-order valence-corrected chi connectivity index (χ3v) is 6.47. The van der Waals surface area contributed by atoms with Gasteiger partial charge in [0.05, 0.1) is 5.41 Å². The molecule has 0 spiro atoms. The van der Waals surface area contributed by atoms with Crippen molar-refractivity contribution in [3.63, 3.8) is 0 Å². The molecule has 0 aromatic heterocycles. The topological polar surface area (TPSA) is 61.4 Å². The number of halogens is 1. The smallest absolute Gasteiger partial charge is 0.230 e. The maximum atomic E-state index is 13.0. The Morgan fingerprint density at radius 1 is 1.19 bits per heavy atom. The van der Waals surface area contributed by atoms with Crippen molar-refractivity contribution in [2.24, 2.45) is 0 Å². The highest BCUT2D eigenvalue weighted by Gasteiger charge is 2.45. The van der Waals surface area contributed by atoms with Crippen molar-refractivity contribution < 1.29 is 9.59 Å². The van der Waals surface area contributed by atoms with Crippen LogP contribution < -0.4 is 10.6 Å². The summed E-state index contributed by atoms with van der Waals surface area (Å²) in [5.74, 6) is 0.192. The fourth-order valence-electron chi connectivity index (χ4n) is 4.22. The lowest BCUT2D eigenvalue weighted by Crippen LogP contribution is -2.52. The van der Waals surface area contributed by atoms with E-state index in [1.165, 1.54) is 0 Å². The second-order valence-corrected chi connectivity index (χ2v) is 8.02. The quantitative estimate of drug-likeness (QED) is 0.800. The Morgan fingerprint density at radius 2 is 1.85 bits per heavy atom. The van der Waals surface area contributed by atoms with E-state index in [2.05, 4.69) is 22.6 Å². The van der Waals surface area contributed by atoms with Crippen molar-refractivity contribution in [2.45, 2.75) is 56.0 Å². The molecule has 2 N–H and O–H groups in total. The molecule has 142 valence electrons. The molecule has 1 heterocycles. The minimum atomic E-state index is -0.400. The van der Waals surface area contributed by atoms with Gasteiger partial charge in [0, 0.05) is 37.1 Å². The molecule has 2 aliphatic rings. The van der Waals surface area contributed by atoms with Crippen molar-refractivity contribution in [1.82, 2.24) is 15.5 Å². The molecule has 2 atom stereocenters. The van der Waals surface area contributed by atoms with Crippen LogP contribution in [0.4, 0.5) is 0 Å². The zero-order chi connectivity index (χ0) is 18.7. The van der Waals surface area contributed by atoms with Gasteiger partial charge < -0.3 is 10.6 Å². The Labute approximate surface area is 160 Å². The van der Waals surface area contributed by atoms with E-state index in [0.29, 0.717) is 18.0 Å². The van der Waals surface area contributed by atoms with E-state index in [9.17, 15) is 9.59 Å². The van der Waals surface area contributed by atoms with E-state index < -0.39 is 5.41 Å². The van der Waals surface area contributed by atoms with Crippen LogP contribution in [0, 0.1) is 0 Å².